The van der Waals surface area contributed by atoms with Crippen LogP contribution in [0.5, 0.6) is 5.75 Å². The van der Waals surface area contributed by atoms with Gasteiger partial charge in [-0.3, -0.25) is 0 Å². The lowest BCUT2D eigenvalue weighted by Crippen LogP contribution is -2.09. The highest BCUT2D eigenvalue weighted by Gasteiger charge is 2.13. The van der Waals surface area contributed by atoms with Gasteiger partial charge in [0.05, 0.1) is 6.26 Å². The standard InChI is InChI=1S/C19H16N2O5S/c1-12-20-21-19(26-12)14-5-8-18-16(9-14)17(10-24-18)13-3-6-15(7-4-13)25-11-27(2,22)23/h3-10H,11H2,1-2H3. The molecule has 0 saturated heterocycles. The van der Waals surface area contributed by atoms with Gasteiger partial charge in [0.1, 0.15) is 11.3 Å². The molecule has 7 nitrogen and oxygen atoms in total. The van der Waals surface area contributed by atoms with Crippen LogP contribution in [0.4, 0.5) is 0 Å². The average molecular weight is 384 g/mol. The lowest BCUT2D eigenvalue weighted by Gasteiger charge is -2.05. The van der Waals surface area contributed by atoms with Gasteiger partial charge in [0.2, 0.25) is 11.8 Å². The molecule has 0 aliphatic heterocycles. The fourth-order valence-electron chi connectivity index (χ4n) is 2.70. The summed E-state index contributed by atoms with van der Waals surface area (Å²) in [7, 11) is -3.19. The molecule has 0 N–H and O–H groups in total. The molecule has 0 unspecified atom stereocenters. The third kappa shape index (κ3) is 3.70. The summed E-state index contributed by atoms with van der Waals surface area (Å²) in [5, 5.41) is 8.82. The molecule has 0 bridgehead atoms. The van der Waals surface area contributed by atoms with E-state index in [1.807, 2.05) is 30.3 Å². The molecule has 4 aromatic rings. The number of aryl methyl sites for hydroxylation is 1. The van der Waals surface area contributed by atoms with Gasteiger partial charge in [0.15, 0.2) is 15.8 Å². The fourth-order valence-corrected chi connectivity index (χ4v) is 3.05. The van der Waals surface area contributed by atoms with E-state index in [1.54, 1.807) is 25.3 Å². The molecule has 2 aromatic carbocycles. The number of aromatic nitrogens is 2. The topological polar surface area (TPSA) is 95.4 Å². The monoisotopic (exact) mass is 384 g/mol. The number of benzene rings is 2. The number of fused-ring (bicyclic) bond motifs is 1. The minimum absolute atomic E-state index is 0.353. The molecule has 27 heavy (non-hydrogen) atoms. The molecule has 0 fully saturated rings. The van der Waals surface area contributed by atoms with E-state index < -0.39 is 9.84 Å². The molecular weight excluding hydrogens is 368 g/mol. The molecule has 8 heteroatoms. The predicted molar refractivity (Wildman–Crippen MR) is 100 cm³/mol. The van der Waals surface area contributed by atoms with Crippen LogP contribution in [0.1, 0.15) is 5.89 Å². The second-order valence-corrected chi connectivity index (χ2v) is 8.29. The van der Waals surface area contributed by atoms with Gasteiger partial charge in [-0.2, -0.15) is 0 Å². The highest BCUT2D eigenvalue weighted by atomic mass is 32.2. The van der Waals surface area contributed by atoms with Gasteiger partial charge < -0.3 is 13.6 Å². The summed E-state index contributed by atoms with van der Waals surface area (Å²) in [6, 6.07) is 12.8. The Bertz CT molecular complexity index is 1210. The van der Waals surface area contributed by atoms with E-state index in [-0.39, 0.29) is 5.94 Å². The largest absolute Gasteiger partial charge is 0.478 e. The first-order chi connectivity index (χ1) is 12.9. The number of sulfone groups is 1. The quantitative estimate of drug-likeness (QED) is 0.516. The summed E-state index contributed by atoms with van der Waals surface area (Å²) in [5.74, 6) is 1.08. The Morgan fingerprint density at radius 2 is 1.78 bits per heavy atom. The van der Waals surface area contributed by atoms with Crippen molar-refractivity contribution in [1.29, 1.82) is 0 Å². The maximum atomic E-state index is 11.2. The van der Waals surface area contributed by atoms with Crippen molar-refractivity contribution in [1.82, 2.24) is 10.2 Å². The predicted octanol–water partition coefficient (Wildman–Crippen LogP) is 3.84. The zero-order chi connectivity index (χ0) is 19.0. The molecule has 138 valence electrons. The number of furan rings is 1. The minimum atomic E-state index is -3.19. The summed E-state index contributed by atoms with van der Waals surface area (Å²) in [6.07, 6.45) is 2.81. The molecule has 0 aliphatic rings. The van der Waals surface area contributed by atoms with Crippen molar-refractivity contribution in [3.63, 3.8) is 0 Å². The van der Waals surface area contributed by atoms with Crippen molar-refractivity contribution >= 4 is 20.8 Å². The Morgan fingerprint density at radius 1 is 1.04 bits per heavy atom. The van der Waals surface area contributed by atoms with Crippen molar-refractivity contribution in [2.75, 3.05) is 12.2 Å². The molecule has 2 heterocycles. The number of hydrogen-bond donors (Lipinski definition) is 0. The lowest BCUT2D eigenvalue weighted by molar-refractivity contribution is 0.378. The molecule has 2 aromatic heterocycles. The normalized spacial score (nSPS) is 11.8. The van der Waals surface area contributed by atoms with Crippen molar-refractivity contribution in [2.45, 2.75) is 6.92 Å². The van der Waals surface area contributed by atoms with E-state index >= 15 is 0 Å². The molecular formula is C19H16N2O5S. The SMILES string of the molecule is Cc1nnc(-c2ccc3occ(-c4ccc(OCS(C)(=O)=O)cc4)c3c2)o1. The van der Waals surface area contributed by atoms with Gasteiger partial charge in [-0.05, 0) is 35.9 Å². The Balaban J connectivity index is 1.67. The van der Waals surface area contributed by atoms with Gasteiger partial charge in [-0.25, -0.2) is 8.42 Å². The summed E-state index contributed by atoms with van der Waals surface area (Å²) in [4.78, 5) is 0. The zero-order valence-corrected chi connectivity index (χ0v) is 15.5. The molecule has 0 atom stereocenters. The third-order valence-electron chi connectivity index (χ3n) is 3.95. The van der Waals surface area contributed by atoms with Gasteiger partial charge in [0.25, 0.3) is 0 Å². The van der Waals surface area contributed by atoms with Crippen molar-refractivity contribution in [3.05, 3.63) is 54.6 Å². The Morgan fingerprint density at radius 3 is 2.44 bits per heavy atom. The van der Waals surface area contributed by atoms with Crippen LogP contribution in [0.25, 0.3) is 33.6 Å². The van der Waals surface area contributed by atoms with Crippen molar-refractivity contribution in [3.8, 4) is 28.3 Å². The molecule has 0 aliphatic carbocycles. The van der Waals surface area contributed by atoms with Gasteiger partial charge >= 0.3 is 0 Å². The van der Waals surface area contributed by atoms with Gasteiger partial charge in [-0.15, -0.1) is 10.2 Å². The van der Waals surface area contributed by atoms with Crippen LogP contribution in [-0.4, -0.2) is 30.8 Å². The Labute approximate surface area is 155 Å². The molecule has 4 rings (SSSR count). The number of rotatable bonds is 5. The van der Waals surface area contributed by atoms with Crippen molar-refractivity contribution < 1.29 is 22.0 Å². The Kier molecular flexibility index (Phi) is 4.19. The van der Waals surface area contributed by atoms with Crippen LogP contribution in [0.3, 0.4) is 0 Å². The lowest BCUT2D eigenvalue weighted by atomic mass is 10.0. The van der Waals surface area contributed by atoms with E-state index in [4.69, 9.17) is 13.6 Å². The summed E-state index contributed by atoms with van der Waals surface area (Å²) < 4.78 is 38.8. The van der Waals surface area contributed by atoms with E-state index in [9.17, 15) is 8.42 Å². The smallest absolute Gasteiger partial charge is 0.247 e. The van der Waals surface area contributed by atoms with Crippen molar-refractivity contribution in [2.24, 2.45) is 0 Å². The maximum Gasteiger partial charge on any atom is 0.247 e. The van der Waals surface area contributed by atoms with Crippen LogP contribution in [0.15, 0.2) is 57.6 Å². The minimum Gasteiger partial charge on any atom is -0.478 e. The van der Waals surface area contributed by atoms with Crippen LogP contribution < -0.4 is 4.74 Å². The van der Waals surface area contributed by atoms with E-state index in [2.05, 4.69) is 10.2 Å². The maximum absolute atomic E-state index is 11.2. The zero-order valence-electron chi connectivity index (χ0n) is 14.7. The first kappa shape index (κ1) is 17.3. The fraction of sp³-hybridized carbons (Fsp3) is 0.158. The third-order valence-corrected chi connectivity index (χ3v) is 4.50. The highest BCUT2D eigenvalue weighted by molar-refractivity contribution is 7.90. The molecule has 0 radical (unpaired) electrons. The summed E-state index contributed by atoms with van der Waals surface area (Å²) in [5.41, 5.74) is 3.36. The van der Waals surface area contributed by atoms with E-state index in [0.29, 0.717) is 17.5 Å². The van der Waals surface area contributed by atoms with Gasteiger partial charge in [-0.1, -0.05) is 12.1 Å². The van der Waals surface area contributed by atoms with E-state index in [1.165, 1.54) is 0 Å². The van der Waals surface area contributed by atoms with Crippen LogP contribution in [-0.2, 0) is 9.84 Å². The van der Waals surface area contributed by atoms with Crippen LogP contribution >= 0.6 is 0 Å². The van der Waals surface area contributed by atoms with E-state index in [0.717, 1.165) is 33.9 Å². The summed E-state index contributed by atoms with van der Waals surface area (Å²) in [6.45, 7) is 1.74. The number of hydrogen-bond acceptors (Lipinski definition) is 7. The molecule has 0 amide bonds. The average Bonchev–Trinajstić information content (AvgIpc) is 3.25. The second kappa shape index (κ2) is 6.55. The first-order valence-electron chi connectivity index (χ1n) is 8.12. The van der Waals surface area contributed by atoms with Crippen LogP contribution in [0.2, 0.25) is 0 Å². The van der Waals surface area contributed by atoms with Gasteiger partial charge in [0, 0.05) is 29.7 Å². The number of ether oxygens (including phenoxy) is 1. The second-order valence-electron chi connectivity index (χ2n) is 6.20. The molecule has 0 spiro atoms. The highest BCUT2D eigenvalue weighted by Crippen LogP contribution is 2.34. The first-order valence-corrected chi connectivity index (χ1v) is 10.2. The Hall–Kier alpha value is -3.13. The summed E-state index contributed by atoms with van der Waals surface area (Å²) >= 11 is 0. The molecule has 0 saturated carbocycles. The number of nitrogens with zero attached hydrogens (tertiary/aromatic N) is 2. The van der Waals surface area contributed by atoms with Crippen LogP contribution in [0, 0.1) is 6.92 Å².